The standard InChI is InChI=1S/C22H22ClFN4O2/c1-3-27(14-19(29)25-13-16-9-11-17(24)12-10-16)22(30)20-15(2)26-28(21(20)23)18-7-5-4-6-8-18/h4-12H,3,13-14H2,1-2H3,(H,25,29). The second kappa shape index (κ2) is 9.54. The van der Waals surface area contributed by atoms with Crippen molar-refractivity contribution < 1.29 is 14.0 Å². The van der Waals surface area contributed by atoms with Gasteiger partial charge in [0, 0.05) is 13.1 Å². The van der Waals surface area contributed by atoms with Gasteiger partial charge < -0.3 is 10.2 Å². The largest absolute Gasteiger partial charge is 0.350 e. The molecule has 0 spiro atoms. The van der Waals surface area contributed by atoms with Crippen LogP contribution in [0.15, 0.2) is 54.6 Å². The molecule has 1 N–H and O–H groups in total. The number of hydrogen-bond donors (Lipinski definition) is 1. The quantitative estimate of drug-likeness (QED) is 0.623. The summed E-state index contributed by atoms with van der Waals surface area (Å²) in [6, 6.07) is 15.1. The normalized spacial score (nSPS) is 10.7. The molecule has 156 valence electrons. The first-order valence-electron chi connectivity index (χ1n) is 9.51. The zero-order valence-corrected chi connectivity index (χ0v) is 17.5. The van der Waals surface area contributed by atoms with E-state index in [9.17, 15) is 14.0 Å². The highest BCUT2D eigenvalue weighted by molar-refractivity contribution is 6.33. The molecule has 3 aromatic rings. The van der Waals surface area contributed by atoms with E-state index in [0.29, 0.717) is 12.2 Å². The fourth-order valence-electron chi connectivity index (χ4n) is 3.00. The van der Waals surface area contributed by atoms with Crippen molar-refractivity contribution in [3.05, 3.63) is 82.4 Å². The Labute approximate surface area is 179 Å². The van der Waals surface area contributed by atoms with E-state index in [1.165, 1.54) is 21.7 Å². The van der Waals surface area contributed by atoms with Crippen LogP contribution in [0.1, 0.15) is 28.5 Å². The van der Waals surface area contributed by atoms with Gasteiger partial charge in [-0.15, -0.1) is 0 Å². The summed E-state index contributed by atoms with van der Waals surface area (Å²) in [5.41, 5.74) is 2.26. The third kappa shape index (κ3) is 4.86. The van der Waals surface area contributed by atoms with Crippen LogP contribution < -0.4 is 5.32 Å². The van der Waals surface area contributed by atoms with Crippen LogP contribution in [0.2, 0.25) is 5.15 Å². The number of aromatic nitrogens is 2. The summed E-state index contributed by atoms with van der Waals surface area (Å²) >= 11 is 6.47. The zero-order chi connectivity index (χ0) is 21.7. The molecular formula is C22H22ClFN4O2. The van der Waals surface area contributed by atoms with Crippen molar-refractivity contribution in [3.63, 3.8) is 0 Å². The number of amides is 2. The van der Waals surface area contributed by atoms with Crippen LogP contribution in [0.4, 0.5) is 4.39 Å². The van der Waals surface area contributed by atoms with Crippen LogP contribution >= 0.6 is 11.6 Å². The molecule has 30 heavy (non-hydrogen) atoms. The second-order valence-corrected chi connectivity index (χ2v) is 7.08. The number of nitrogens with one attached hydrogen (secondary N) is 1. The van der Waals surface area contributed by atoms with Gasteiger partial charge in [-0.25, -0.2) is 9.07 Å². The lowest BCUT2D eigenvalue weighted by molar-refractivity contribution is -0.121. The van der Waals surface area contributed by atoms with Crippen LogP contribution in [-0.4, -0.2) is 39.6 Å². The Balaban J connectivity index is 1.70. The maximum Gasteiger partial charge on any atom is 0.259 e. The first-order valence-corrected chi connectivity index (χ1v) is 9.89. The van der Waals surface area contributed by atoms with Gasteiger partial charge >= 0.3 is 0 Å². The average molecular weight is 429 g/mol. The van der Waals surface area contributed by atoms with Crippen LogP contribution in [-0.2, 0) is 11.3 Å². The van der Waals surface area contributed by atoms with E-state index in [4.69, 9.17) is 11.6 Å². The fraction of sp³-hybridized carbons (Fsp3) is 0.227. The number of aryl methyl sites for hydroxylation is 1. The average Bonchev–Trinajstić information content (AvgIpc) is 3.05. The van der Waals surface area contributed by atoms with Crippen molar-refractivity contribution in [3.8, 4) is 5.69 Å². The van der Waals surface area contributed by atoms with Crippen molar-refractivity contribution >= 4 is 23.4 Å². The molecule has 0 saturated carbocycles. The monoisotopic (exact) mass is 428 g/mol. The highest BCUT2D eigenvalue weighted by atomic mass is 35.5. The summed E-state index contributed by atoms with van der Waals surface area (Å²) in [5.74, 6) is -1.02. The molecule has 0 aliphatic heterocycles. The van der Waals surface area contributed by atoms with Crippen molar-refractivity contribution in [1.82, 2.24) is 20.0 Å². The summed E-state index contributed by atoms with van der Waals surface area (Å²) in [7, 11) is 0. The number of para-hydroxylation sites is 1. The Morgan fingerprint density at radius 2 is 1.80 bits per heavy atom. The fourth-order valence-corrected chi connectivity index (χ4v) is 3.35. The summed E-state index contributed by atoms with van der Waals surface area (Å²) in [4.78, 5) is 26.8. The minimum atomic E-state index is -0.362. The molecule has 2 aromatic carbocycles. The molecule has 8 heteroatoms. The van der Waals surface area contributed by atoms with Gasteiger partial charge in [0.2, 0.25) is 5.91 Å². The first-order chi connectivity index (χ1) is 14.4. The number of benzene rings is 2. The van der Waals surface area contributed by atoms with Crippen molar-refractivity contribution in [2.24, 2.45) is 0 Å². The lowest BCUT2D eigenvalue weighted by atomic mass is 10.2. The number of halogens is 2. The van der Waals surface area contributed by atoms with E-state index in [1.54, 1.807) is 26.0 Å². The number of rotatable bonds is 7. The van der Waals surface area contributed by atoms with Crippen molar-refractivity contribution in [2.75, 3.05) is 13.1 Å². The highest BCUT2D eigenvalue weighted by Crippen LogP contribution is 2.24. The zero-order valence-electron chi connectivity index (χ0n) is 16.7. The molecular weight excluding hydrogens is 407 g/mol. The van der Waals surface area contributed by atoms with Gasteiger partial charge in [0.25, 0.3) is 5.91 Å². The molecule has 1 heterocycles. The van der Waals surface area contributed by atoms with E-state index in [-0.39, 0.29) is 41.4 Å². The Hall–Kier alpha value is -3.19. The molecule has 0 radical (unpaired) electrons. The first kappa shape index (κ1) is 21.5. The minimum absolute atomic E-state index is 0.122. The predicted molar refractivity (Wildman–Crippen MR) is 113 cm³/mol. The summed E-state index contributed by atoms with van der Waals surface area (Å²) in [6.45, 7) is 3.95. The summed E-state index contributed by atoms with van der Waals surface area (Å²) < 4.78 is 14.5. The Morgan fingerprint density at radius 3 is 2.43 bits per heavy atom. The number of nitrogens with zero attached hydrogens (tertiary/aromatic N) is 3. The van der Waals surface area contributed by atoms with Gasteiger partial charge in [-0.05, 0) is 43.7 Å². The van der Waals surface area contributed by atoms with Gasteiger partial charge in [-0.3, -0.25) is 9.59 Å². The molecule has 0 aliphatic rings. The Bertz CT molecular complexity index is 1040. The number of carbonyl (C=O) groups excluding carboxylic acids is 2. The SMILES string of the molecule is CCN(CC(=O)NCc1ccc(F)cc1)C(=O)c1c(C)nn(-c2ccccc2)c1Cl. The molecule has 0 aliphatic carbocycles. The third-order valence-electron chi connectivity index (χ3n) is 4.63. The molecule has 2 amide bonds. The number of hydrogen-bond acceptors (Lipinski definition) is 3. The van der Waals surface area contributed by atoms with Gasteiger partial charge in [0.15, 0.2) is 0 Å². The topological polar surface area (TPSA) is 67.2 Å². The molecule has 0 bridgehead atoms. The molecule has 3 rings (SSSR count). The Morgan fingerprint density at radius 1 is 1.13 bits per heavy atom. The Kier molecular flexibility index (Phi) is 6.84. The van der Waals surface area contributed by atoms with Crippen molar-refractivity contribution in [1.29, 1.82) is 0 Å². The lowest BCUT2D eigenvalue weighted by Gasteiger charge is -2.20. The number of likely N-dealkylation sites (N-methyl/N-ethyl adjacent to an activating group) is 1. The van der Waals surface area contributed by atoms with Crippen LogP contribution in [0.25, 0.3) is 5.69 Å². The predicted octanol–water partition coefficient (Wildman–Crippen LogP) is 3.75. The maximum atomic E-state index is 13.1. The number of carbonyl (C=O) groups is 2. The summed E-state index contributed by atoms with van der Waals surface area (Å²) in [6.07, 6.45) is 0. The van der Waals surface area contributed by atoms with E-state index < -0.39 is 0 Å². The van der Waals surface area contributed by atoms with Gasteiger partial charge in [-0.2, -0.15) is 5.10 Å². The minimum Gasteiger partial charge on any atom is -0.350 e. The van der Waals surface area contributed by atoms with E-state index in [1.807, 2.05) is 30.3 Å². The van der Waals surface area contributed by atoms with Crippen LogP contribution in [0.3, 0.4) is 0 Å². The molecule has 0 fully saturated rings. The highest BCUT2D eigenvalue weighted by Gasteiger charge is 2.26. The van der Waals surface area contributed by atoms with Crippen LogP contribution in [0, 0.1) is 12.7 Å². The van der Waals surface area contributed by atoms with Gasteiger partial charge in [0.05, 0.1) is 23.5 Å². The molecule has 0 atom stereocenters. The lowest BCUT2D eigenvalue weighted by Crippen LogP contribution is -2.40. The van der Waals surface area contributed by atoms with E-state index in [0.717, 1.165) is 11.3 Å². The molecule has 0 unspecified atom stereocenters. The second-order valence-electron chi connectivity index (χ2n) is 6.72. The van der Waals surface area contributed by atoms with E-state index >= 15 is 0 Å². The third-order valence-corrected chi connectivity index (χ3v) is 4.97. The van der Waals surface area contributed by atoms with Gasteiger partial charge in [0.1, 0.15) is 11.0 Å². The molecule has 6 nitrogen and oxygen atoms in total. The van der Waals surface area contributed by atoms with Crippen LogP contribution in [0.5, 0.6) is 0 Å². The molecule has 1 aromatic heterocycles. The smallest absolute Gasteiger partial charge is 0.259 e. The maximum absolute atomic E-state index is 13.1. The summed E-state index contributed by atoms with van der Waals surface area (Å²) in [5, 5.41) is 7.33. The van der Waals surface area contributed by atoms with E-state index in [2.05, 4.69) is 10.4 Å². The van der Waals surface area contributed by atoms with Gasteiger partial charge in [-0.1, -0.05) is 41.9 Å². The van der Waals surface area contributed by atoms with Crippen molar-refractivity contribution in [2.45, 2.75) is 20.4 Å². The molecule has 0 saturated heterocycles.